The van der Waals surface area contributed by atoms with Gasteiger partial charge in [0.1, 0.15) is 10.8 Å². The first-order chi connectivity index (χ1) is 15.1. The van der Waals surface area contributed by atoms with Gasteiger partial charge in [0, 0.05) is 62.9 Å². The van der Waals surface area contributed by atoms with E-state index in [1.54, 1.807) is 30.2 Å². The number of amides is 1. The van der Waals surface area contributed by atoms with Crippen molar-refractivity contribution in [2.45, 2.75) is 18.1 Å². The summed E-state index contributed by atoms with van der Waals surface area (Å²) < 4.78 is 6.84. The van der Waals surface area contributed by atoms with Crippen LogP contribution in [-0.2, 0) is 18.4 Å². The molecule has 1 aromatic carbocycles. The maximum atomic E-state index is 12.5. The number of thioether (sulfide) groups is 1. The molecule has 1 amide bonds. The maximum absolute atomic E-state index is 12.5. The van der Waals surface area contributed by atoms with Gasteiger partial charge >= 0.3 is 0 Å². The van der Waals surface area contributed by atoms with Crippen LogP contribution in [0.25, 0.3) is 10.6 Å². The number of aryl methyl sites for hydroxylation is 1. The summed E-state index contributed by atoms with van der Waals surface area (Å²) in [4.78, 5) is 21.6. The monoisotopic (exact) mass is 459 g/mol. The summed E-state index contributed by atoms with van der Waals surface area (Å²) in [6.45, 7) is 4.04. The van der Waals surface area contributed by atoms with Gasteiger partial charge < -0.3 is 9.64 Å². The fourth-order valence-electron chi connectivity index (χ4n) is 3.36. The highest BCUT2D eigenvalue weighted by molar-refractivity contribution is 7.99. The number of carbonyl (C=O) groups excluding carboxylic acids is 1. The van der Waals surface area contributed by atoms with E-state index >= 15 is 0 Å². The lowest BCUT2D eigenvalue weighted by Crippen LogP contribution is -2.48. The molecular formula is C20H25N7O2S2. The van der Waals surface area contributed by atoms with Crippen molar-refractivity contribution in [3.63, 3.8) is 0 Å². The number of tetrazole rings is 1. The van der Waals surface area contributed by atoms with Crippen molar-refractivity contribution < 1.29 is 9.53 Å². The van der Waals surface area contributed by atoms with Gasteiger partial charge in [-0.05, 0) is 34.7 Å². The molecule has 0 spiro atoms. The van der Waals surface area contributed by atoms with Gasteiger partial charge in [-0.25, -0.2) is 9.67 Å². The number of rotatable bonds is 8. The van der Waals surface area contributed by atoms with Crippen LogP contribution in [0, 0.1) is 0 Å². The molecule has 3 heterocycles. The first kappa shape index (κ1) is 21.7. The van der Waals surface area contributed by atoms with Crippen LogP contribution < -0.4 is 4.74 Å². The van der Waals surface area contributed by atoms with Crippen molar-refractivity contribution in [2.75, 3.05) is 39.0 Å². The standard InChI is InChI=1S/C20H25N7O2S2/c1-25-20(22-23-24-25)30-12-7-18(28)27-10-8-26(9-11-27)13-16-14-31-19(21-16)15-3-5-17(29-2)6-4-15/h3-6,14H,7-13H2,1-2H3. The molecule has 0 N–H and O–H groups in total. The number of methoxy groups -OCH3 is 1. The van der Waals surface area contributed by atoms with Crippen LogP contribution in [-0.4, -0.2) is 79.9 Å². The second-order valence-electron chi connectivity index (χ2n) is 7.21. The van der Waals surface area contributed by atoms with Crippen LogP contribution >= 0.6 is 23.1 Å². The number of ether oxygens (including phenoxy) is 1. The number of aromatic nitrogens is 5. The van der Waals surface area contributed by atoms with E-state index < -0.39 is 0 Å². The topological polar surface area (TPSA) is 89.3 Å². The summed E-state index contributed by atoms with van der Waals surface area (Å²) >= 11 is 3.16. The predicted octanol–water partition coefficient (Wildman–Crippen LogP) is 2.17. The SMILES string of the molecule is COc1ccc(-c2nc(CN3CCN(C(=O)CCSc4nnnn4C)CC3)cs2)cc1. The minimum Gasteiger partial charge on any atom is -0.497 e. The van der Waals surface area contributed by atoms with Crippen LogP contribution in [0.1, 0.15) is 12.1 Å². The lowest BCUT2D eigenvalue weighted by Gasteiger charge is -2.34. The largest absolute Gasteiger partial charge is 0.497 e. The van der Waals surface area contributed by atoms with Crippen molar-refractivity contribution in [2.24, 2.45) is 7.05 Å². The lowest BCUT2D eigenvalue weighted by molar-refractivity contribution is -0.132. The number of carbonyl (C=O) groups is 1. The number of hydrogen-bond acceptors (Lipinski definition) is 9. The third-order valence-electron chi connectivity index (χ3n) is 5.13. The summed E-state index contributed by atoms with van der Waals surface area (Å²) in [6.07, 6.45) is 0.495. The summed E-state index contributed by atoms with van der Waals surface area (Å²) in [7, 11) is 3.46. The Morgan fingerprint density at radius 3 is 2.65 bits per heavy atom. The molecule has 9 nitrogen and oxygen atoms in total. The van der Waals surface area contributed by atoms with E-state index in [4.69, 9.17) is 9.72 Å². The number of hydrogen-bond donors (Lipinski definition) is 0. The van der Waals surface area contributed by atoms with Gasteiger partial charge in [0.05, 0.1) is 12.8 Å². The minimum atomic E-state index is 0.192. The smallest absolute Gasteiger partial charge is 0.223 e. The maximum Gasteiger partial charge on any atom is 0.223 e. The van der Waals surface area contributed by atoms with Crippen molar-refractivity contribution in [3.8, 4) is 16.3 Å². The highest BCUT2D eigenvalue weighted by Crippen LogP contribution is 2.26. The van der Waals surface area contributed by atoms with E-state index in [0.717, 1.165) is 59.9 Å². The Labute approximate surface area is 189 Å². The van der Waals surface area contributed by atoms with Crippen molar-refractivity contribution >= 4 is 29.0 Å². The van der Waals surface area contributed by atoms with Crippen LogP contribution in [0.3, 0.4) is 0 Å². The molecule has 0 unspecified atom stereocenters. The van der Waals surface area contributed by atoms with E-state index in [1.807, 2.05) is 29.2 Å². The van der Waals surface area contributed by atoms with Crippen LogP contribution in [0.15, 0.2) is 34.8 Å². The summed E-state index contributed by atoms with van der Waals surface area (Å²) in [6, 6.07) is 7.97. The fraction of sp³-hybridized carbons (Fsp3) is 0.450. The molecule has 0 atom stereocenters. The highest BCUT2D eigenvalue weighted by Gasteiger charge is 2.21. The predicted molar refractivity (Wildman–Crippen MR) is 120 cm³/mol. The van der Waals surface area contributed by atoms with Crippen LogP contribution in [0.4, 0.5) is 0 Å². The van der Waals surface area contributed by atoms with E-state index in [-0.39, 0.29) is 5.91 Å². The Hall–Kier alpha value is -2.50. The van der Waals surface area contributed by atoms with Crippen LogP contribution in [0.2, 0.25) is 0 Å². The Morgan fingerprint density at radius 1 is 1.19 bits per heavy atom. The van der Waals surface area contributed by atoms with E-state index in [2.05, 4.69) is 25.8 Å². The van der Waals surface area contributed by atoms with Crippen molar-refractivity contribution in [3.05, 3.63) is 35.3 Å². The molecule has 1 saturated heterocycles. The number of benzene rings is 1. The quantitative estimate of drug-likeness (QED) is 0.474. The Bertz CT molecular complexity index is 997. The molecule has 0 radical (unpaired) electrons. The molecule has 0 bridgehead atoms. The average Bonchev–Trinajstić information content (AvgIpc) is 3.43. The van der Waals surface area contributed by atoms with E-state index in [9.17, 15) is 4.79 Å². The molecule has 11 heteroatoms. The summed E-state index contributed by atoms with van der Waals surface area (Å²) in [5.41, 5.74) is 2.17. The normalized spacial score (nSPS) is 14.7. The molecule has 0 aliphatic carbocycles. The van der Waals surface area contributed by atoms with Crippen LogP contribution in [0.5, 0.6) is 5.75 Å². The number of nitrogens with zero attached hydrogens (tertiary/aromatic N) is 7. The molecule has 164 valence electrons. The molecular weight excluding hydrogens is 434 g/mol. The zero-order chi connectivity index (χ0) is 21.6. The molecule has 1 aliphatic rings. The second-order valence-corrected chi connectivity index (χ2v) is 9.13. The summed E-state index contributed by atoms with van der Waals surface area (Å²) in [5, 5.41) is 15.2. The molecule has 1 fully saturated rings. The fourth-order valence-corrected chi connectivity index (χ4v) is 4.96. The molecule has 2 aromatic heterocycles. The Morgan fingerprint density at radius 2 is 1.97 bits per heavy atom. The van der Waals surface area contributed by atoms with Gasteiger partial charge in [-0.2, -0.15) is 0 Å². The van der Waals surface area contributed by atoms with E-state index in [1.165, 1.54) is 11.8 Å². The first-order valence-electron chi connectivity index (χ1n) is 10.1. The van der Waals surface area contributed by atoms with Gasteiger partial charge in [-0.1, -0.05) is 11.8 Å². The Balaban J connectivity index is 1.21. The van der Waals surface area contributed by atoms with Gasteiger partial charge in [-0.3, -0.25) is 9.69 Å². The zero-order valence-electron chi connectivity index (χ0n) is 17.6. The van der Waals surface area contributed by atoms with Crippen molar-refractivity contribution in [1.29, 1.82) is 0 Å². The molecule has 1 aliphatic heterocycles. The number of piperazine rings is 1. The van der Waals surface area contributed by atoms with Gasteiger partial charge in [0.25, 0.3) is 0 Å². The molecule has 31 heavy (non-hydrogen) atoms. The lowest BCUT2D eigenvalue weighted by atomic mass is 10.2. The Kier molecular flexibility index (Phi) is 7.15. The first-order valence-corrected chi connectivity index (χ1v) is 11.9. The third kappa shape index (κ3) is 5.60. The highest BCUT2D eigenvalue weighted by atomic mass is 32.2. The number of thiazole rings is 1. The summed E-state index contributed by atoms with van der Waals surface area (Å²) in [5.74, 6) is 1.72. The van der Waals surface area contributed by atoms with Gasteiger partial charge in [-0.15, -0.1) is 16.4 Å². The minimum absolute atomic E-state index is 0.192. The second kappa shape index (κ2) is 10.2. The van der Waals surface area contributed by atoms with Crippen molar-refractivity contribution in [1.82, 2.24) is 35.0 Å². The molecule has 3 aromatic rings. The molecule has 0 saturated carbocycles. The average molecular weight is 460 g/mol. The van der Waals surface area contributed by atoms with E-state index in [0.29, 0.717) is 12.2 Å². The van der Waals surface area contributed by atoms with Gasteiger partial charge in [0.15, 0.2) is 0 Å². The molecule has 4 rings (SSSR count). The zero-order valence-corrected chi connectivity index (χ0v) is 19.2. The van der Waals surface area contributed by atoms with Gasteiger partial charge in [0.2, 0.25) is 11.1 Å². The third-order valence-corrected chi connectivity index (χ3v) is 7.08.